The van der Waals surface area contributed by atoms with Crippen LogP contribution >= 0.6 is 11.8 Å². The van der Waals surface area contributed by atoms with Crippen LogP contribution in [0.15, 0.2) is 24.3 Å². The molecule has 0 aliphatic carbocycles. The number of carboxylic acids is 1. The maximum absolute atomic E-state index is 10.6. The summed E-state index contributed by atoms with van der Waals surface area (Å²) in [5, 5.41) is 9.20. The van der Waals surface area contributed by atoms with Crippen LogP contribution < -0.4 is 4.74 Å². The molecular formula is C14H18O3S. The van der Waals surface area contributed by atoms with Crippen LogP contribution in [0.3, 0.4) is 0 Å². The van der Waals surface area contributed by atoms with Crippen molar-refractivity contribution in [2.24, 2.45) is 0 Å². The molecule has 0 aliphatic rings. The average Bonchev–Trinajstić information content (AvgIpc) is 2.34. The summed E-state index contributed by atoms with van der Waals surface area (Å²) in [5.74, 6) is 0.698. The van der Waals surface area contributed by atoms with Gasteiger partial charge in [-0.3, -0.25) is 0 Å². The lowest BCUT2D eigenvalue weighted by atomic mass is 10.1. The van der Waals surface area contributed by atoms with E-state index in [-0.39, 0.29) is 0 Å². The van der Waals surface area contributed by atoms with Crippen LogP contribution in [0, 0.1) is 0 Å². The summed E-state index contributed by atoms with van der Waals surface area (Å²) in [6, 6.07) is 5.68. The fraction of sp³-hybridized carbons (Fsp3) is 0.357. The highest BCUT2D eigenvalue weighted by atomic mass is 32.2. The van der Waals surface area contributed by atoms with Gasteiger partial charge in [0, 0.05) is 11.8 Å². The van der Waals surface area contributed by atoms with Crippen LogP contribution in [0.4, 0.5) is 0 Å². The first-order valence-corrected chi connectivity index (χ1v) is 6.77. The van der Waals surface area contributed by atoms with Gasteiger partial charge in [0.25, 0.3) is 0 Å². The van der Waals surface area contributed by atoms with E-state index in [9.17, 15) is 4.79 Å². The van der Waals surface area contributed by atoms with Gasteiger partial charge in [0.1, 0.15) is 5.75 Å². The van der Waals surface area contributed by atoms with Crippen LogP contribution in [0.2, 0.25) is 0 Å². The Balaban J connectivity index is 2.96. The van der Waals surface area contributed by atoms with Crippen molar-refractivity contribution in [2.45, 2.75) is 24.9 Å². The van der Waals surface area contributed by atoms with E-state index in [1.54, 1.807) is 13.2 Å². The molecule has 18 heavy (non-hydrogen) atoms. The van der Waals surface area contributed by atoms with Gasteiger partial charge in [-0.05, 0) is 34.6 Å². The van der Waals surface area contributed by atoms with Gasteiger partial charge in [0.2, 0.25) is 0 Å². The number of hydrogen-bond donors (Lipinski definition) is 1. The number of carbonyl (C=O) groups is 1. The van der Waals surface area contributed by atoms with Gasteiger partial charge in [-0.25, -0.2) is 4.79 Å². The van der Waals surface area contributed by atoms with Crippen molar-refractivity contribution in [3.05, 3.63) is 35.4 Å². The first-order valence-electron chi connectivity index (χ1n) is 5.72. The lowest BCUT2D eigenvalue weighted by Gasteiger charge is -2.10. The number of benzene rings is 1. The predicted octanol–water partition coefficient (Wildman–Crippen LogP) is 3.43. The van der Waals surface area contributed by atoms with E-state index in [1.807, 2.05) is 30.0 Å². The van der Waals surface area contributed by atoms with Crippen molar-refractivity contribution < 1.29 is 14.6 Å². The molecule has 0 saturated heterocycles. The largest absolute Gasteiger partial charge is 0.497 e. The number of thioether (sulfide) groups is 1. The fourth-order valence-corrected chi connectivity index (χ4v) is 2.18. The lowest BCUT2D eigenvalue weighted by Crippen LogP contribution is -1.94. The number of methoxy groups -OCH3 is 1. The van der Waals surface area contributed by atoms with Gasteiger partial charge in [0.05, 0.1) is 7.11 Å². The molecule has 0 spiro atoms. The second-order valence-corrected chi connectivity index (χ2v) is 5.66. The van der Waals surface area contributed by atoms with Gasteiger partial charge in [-0.1, -0.05) is 19.9 Å². The van der Waals surface area contributed by atoms with Crippen molar-refractivity contribution in [1.82, 2.24) is 0 Å². The Labute approximate surface area is 112 Å². The Morgan fingerprint density at radius 3 is 2.78 bits per heavy atom. The fourth-order valence-electron chi connectivity index (χ4n) is 1.41. The van der Waals surface area contributed by atoms with Gasteiger partial charge >= 0.3 is 5.97 Å². The van der Waals surface area contributed by atoms with E-state index < -0.39 is 5.97 Å². The molecule has 0 bridgehead atoms. The van der Waals surface area contributed by atoms with E-state index in [4.69, 9.17) is 9.84 Å². The third-order valence-corrected chi connectivity index (χ3v) is 3.47. The van der Waals surface area contributed by atoms with E-state index in [0.29, 0.717) is 5.25 Å². The molecule has 3 nitrogen and oxygen atoms in total. The lowest BCUT2D eigenvalue weighted by molar-refractivity contribution is -0.131. The minimum atomic E-state index is -0.937. The molecule has 0 radical (unpaired) electrons. The molecule has 0 amide bonds. The van der Waals surface area contributed by atoms with Gasteiger partial charge in [-0.2, -0.15) is 11.8 Å². The maximum Gasteiger partial charge on any atom is 0.328 e. The topological polar surface area (TPSA) is 46.5 Å². The SMILES string of the molecule is COc1ccc(C=CC(=O)O)c(CSC(C)C)c1. The predicted molar refractivity (Wildman–Crippen MR) is 76.1 cm³/mol. The van der Waals surface area contributed by atoms with Crippen LogP contribution in [-0.2, 0) is 10.5 Å². The first kappa shape index (κ1) is 14.6. The Morgan fingerprint density at radius 1 is 1.50 bits per heavy atom. The molecule has 1 rings (SSSR count). The molecule has 0 atom stereocenters. The van der Waals surface area contributed by atoms with Crippen molar-refractivity contribution in [3.8, 4) is 5.75 Å². The molecular weight excluding hydrogens is 248 g/mol. The Morgan fingerprint density at radius 2 is 2.22 bits per heavy atom. The molecule has 1 aromatic carbocycles. The summed E-state index contributed by atoms with van der Waals surface area (Å²) in [7, 11) is 1.63. The van der Waals surface area contributed by atoms with E-state index in [0.717, 1.165) is 28.7 Å². The zero-order valence-corrected chi connectivity index (χ0v) is 11.7. The highest BCUT2D eigenvalue weighted by Gasteiger charge is 2.04. The van der Waals surface area contributed by atoms with Crippen LogP contribution in [0.1, 0.15) is 25.0 Å². The van der Waals surface area contributed by atoms with Crippen molar-refractivity contribution >= 4 is 23.8 Å². The number of rotatable bonds is 6. The maximum atomic E-state index is 10.6. The van der Waals surface area contributed by atoms with E-state index in [1.165, 1.54) is 0 Å². The van der Waals surface area contributed by atoms with Crippen LogP contribution in [-0.4, -0.2) is 23.4 Å². The zero-order chi connectivity index (χ0) is 13.5. The second-order valence-electron chi connectivity index (χ2n) is 4.10. The first-order chi connectivity index (χ1) is 8.52. The summed E-state index contributed by atoms with van der Waals surface area (Å²) in [4.78, 5) is 10.6. The molecule has 4 heteroatoms. The van der Waals surface area contributed by atoms with Gasteiger partial charge in [0.15, 0.2) is 0 Å². The van der Waals surface area contributed by atoms with E-state index >= 15 is 0 Å². The van der Waals surface area contributed by atoms with Gasteiger partial charge < -0.3 is 9.84 Å². The minimum Gasteiger partial charge on any atom is -0.497 e. The van der Waals surface area contributed by atoms with Gasteiger partial charge in [-0.15, -0.1) is 0 Å². The van der Waals surface area contributed by atoms with E-state index in [2.05, 4.69) is 13.8 Å². The Kier molecular flexibility index (Phi) is 5.78. The Bertz CT molecular complexity index is 439. The van der Waals surface area contributed by atoms with Crippen molar-refractivity contribution in [2.75, 3.05) is 7.11 Å². The molecule has 98 valence electrons. The molecule has 0 saturated carbocycles. The molecule has 0 aromatic heterocycles. The minimum absolute atomic E-state index is 0.535. The number of carboxylic acid groups (broad SMARTS) is 1. The van der Waals surface area contributed by atoms with Crippen molar-refractivity contribution in [3.63, 3.8) is 0 Å². The van der Waals surface area contributed by atoms with Crippen LogP contribution in [0.5, 0.6) is 5.75 Å². The number of aliphatic carboxylic acids is 1. The zero-order valence-electron chi connectivity index (χ0n) is 10.8. The summed E-state index contributed by atoms with van der Waals surface area (Å²) in [5.41, 5.74) is 2.01. The smallest absolute Gasteiger partial charge is 0.328 e. The summed E-state index contributed by atoms with van der Waals surface area (Å²) in [6.45, 7) is 4.27. The molecule has 0 aliphatic heterocycles. The summed E-state index contributed by atoms with van der Waals surface area (Å²) < 4.78 is 5.19. The third-order valence-electron chi connectivity index (χ3n) is 2.33. The Hall–Kier alpha value is -1.42. The quantitative estimate of drug-likeness (QED) is 0.801. The number of ether oxygens (including phenoxy) is 1. The summed E-state index contributed by atoms with van der Waals surface area (Å²) >= 11 is 1.82. The standard InChI is InChI=1S/C14H18O3S/c1-10(2)18-9-12-8-13(17-3)6-4-11(12)5-7-14(15)16/h4-8,10H,9H2,1-3H3,(H,15,16). The molecule has 0 unspecified atom stereocenters. The third kappa shape index (κ3) is 4.84. The second kappa shape index (κ2) is 7.11. The monoisotopic (exact) mass is 266 g/mol. The average molecular weight is 266 g/mol. The molecule has 1 N–H and O–H groups in total. The highest BCUT2D eigenvalue weighted by Crippen LogP contribution is 2.25. The number of hydrogen-bond acceptors (Lipinski definition) is 3. The highest BCUT2D eigenvalue weighted by molar-refractivity contribution is 7.99. The molecule has 0 fully saturated rings. The van der Waals surface area contributed by atoms with Crippen molar-refractivity contribution in [1.29, 1.82) is 0 Å². The molecule has 0 heterocycles. The van der Waals surface area contributed by atoms with Crippen LogP contribution in [0.25, 0.3) is 6.08 Å². The molecule has 1 aromatic rings. The normalized spacial score (nSPS) is 11.1. The summed E-state index contributed by atoms with van der Waals surface area (Å²) in [6.07, 6.45) is 2.78.